The lowest BCUT2D eigenvalue weighted by Gasteiger charge is -2.17. The smallest absolute Gasteiger partial charge is 0.326 e. The number of halogens is 1. The molecule has 1 amide bonds. The van der Waals surface area contributed by atoms with Crippen molar-refractivity contribution in [1.29, 1.82) is 0 Å². The van der Waals surface area contributed by atoms with E-state index in [1.165, 1.54) is 0 Å². The average molecular weight is 365 g/mol. The number of carbonyl (C=O) groups is 2. The number of pyridine rings is 1. The molecule has 7 nitrogen and oxygen atoms in total. The first-order valence-electron chi connectivity index (χ1n) is 7.93. The Hall–Kier alpha value is -2.41. The van der Waals surface area contributed by atoms with E-state index in [4.69, 9.17) is 11.6 Å². The molecule has 1 atom stereocenters. The van der Waals surface area contributed by atoms with Gasteiger partial charge in [0, 0.05) is 5.69 Å². The fraction of sp³-hybridized carbons (Fsp3) is 0.412. The molecular formula is C17H21ClN4O3. The van der Waals surface area contributed by atoms with Gasteiger partial charge in [0.05, 0.1) is 10.7 Å². The lowest BCUT2D eigenvalue weighted by molar-refractivity contribution is -0.139. The Balaban J connectivity index is 2.31. The highest BCUT2D eigenvalue weighted by Gasteiger charge is 2.24. The number of aromatic nitrogens is 3. The van der Waals surface area contributed by atoms with Gasteiger partial charge in [-0.1, -0.05) is 25.4 Å². The molecule has 0 saturated carbocycles. The number of carboxylic acids is 1. The molecule has 8 heteroatoms. The summed E-state index contributed by atoms with van der Waals surface area (Å²) in [4.78, 5) is 28.1. The van der Waals surface area contributed by atoms with Gasteiger partial charge in [0.15, 0.2) is 5.82 Å². The van der Waals surface area contributed by atoms with E-state index in [0.29, 0.717) is 12.2 Å². The van der Waals surface area contributed by atoms with Crippen LogP contribution in [0.25, 0.3) is 5.82 Å². The lowest BCUT2D eigenvalue weighted by atomic mass is 10.0. The first-order chi connectivity index (χ1) is 11.7. The number of carbonyl (C=O) groups excluding carboxylic acids is 1. The summed E-state index contributed by atoms with van der Waals surface area (Å²) in [6.07, 6.45) is 0.315. The Morgan fingerprint density at radius 3 is 2.52 bits per heavy atom. The van der Waals surface area contributed by atoms with Crippen LogP contribution >= 0.6 is 11.6 Å². The second kappa shape index (κ2) is 7.65. The molecule has 2 N–H and O–H groups in total. The molecule has 2 heterocycles. The zero-order chi connectivity index (χ0) is 18.7. The quantitative estimate of drug-likeness (QED) is 0.821. The minimum Gasteiger partial charge on any atom is -0.480 e. The molecule has 0 radical (unpaired) electrons. The minimum absolute atomic E-state index is 0.0262. The van der Waals surface area contributed by atoms with Gasteiger partial charge >= 0.3 is 5.97 Å². The Kier molecular flexibility index (Phi) is 5.79. The normalized spacial score (nSPS) is 12.2. The number of aliphatic carboxylic acids is 1. The Labute approximate surface area is 151 Å². The number of rotatable bonds is 6. The molecule has 2 aromatic rings. The molecule has 0 saturated heterocycles. The predicted molar refractivity (Wildman–Crippen MR) is 94.2 cm³/mol. The third kappa shape index (κ3) is 4.57. The van der Waals surface area contributed by atoms with Crippen LogP contribution in [0, 0.1) is 19.8 Å². The molecule has 2 rings (SSSR count). The fourth-order valence-electron chi connectivity index (χ4n) is 2.49. The molecule has 25 heavy (non-hydrogen) atoms. The second-order valence-electron chi connectivity index (χ2n) is 6.33. The number of hydrogen-bond acceptors (Lipinski definition) is 4. The van der Waals surface area contributed by atoms with E-state index in [1.54, 1.807) is 16.8 Å². The van der Waals surface area contributed by atoms with Crippen LogP contribution < -0.4 is 5.32 Å². The van der Waals surface area contributed by atoms with Crippen LogP contribution in [0.3, 0.4) is 0 Å². The van der Waals surface area contributed by atoms with E-state index in [0.717, 1.165) is 11.4 Å². The summed E-state index contributed by atoms with van der Waals surface area (Å²) in [7, 11) is 0. The predicted octanol–water partition coefficient (Wildman–Crippen LogP) is 2.77. The summed E-state index contributed by atoms with van der Waals surface area (Å²) < 4.78 is 1.60. The summed E-state index contributed by atoms with van der Waals surface area (Å²) in [5.74, 6) is -1.16. The largest absolute Gasteiger partial charge is 0.480 e. The standard InChI is InChI=1S/C17H21ClN4O3/c1-9(2)7-13(17(24)25)19-16(23)15-12(18)5-6-14(20-15)22-11(4)8-10(3)21-22/h5-6,8-9,13H,7H2,1-4H3,(H,19,23)(H,24,25). The third-order valence-electron chi connectivity index (χ3n) is 3.58. The SMILES string of the molecule is Cc1cc(C)n(-c2ccc(Cl)c(C(=O)NC(CC(C)C)C(=O)O)n2)n1. The van der Waals surface area contributed by atoms with E-state index in [-0.39, 0.29) is 16.6 Å². The number of nitrogens with zero attached hydrogens (tertiary/aromatic N) is 3. The molecule has 0 aromatic carbocycles. The van der Waals surface area contributed by atoms with Crippen LogP contribution in [0.4, 0.5) is 0 Å². The van der Waals surface area contributed by atoms with Crippen LogP contribution in [-0.4, -0.2) is 37.8 Å². The maximum Gasteiger partial charge on any atom is 0.326 e. The monoisotopic (exact) mass is 364 g/mol. The van der Waals surface area contributed by atoms with Crippen LogP contribution in [0.15, 0.2) is 18.2 Å². The molecule has 0 bridgehead atoms. The third-order valence-corrected chi connectivity index (χ3v) is 3.89. The zero-order valence-corrected chi connectivity index (χ0v) is 15.3. The number of carboxylic acid groups (broad SMARTS) is 1. The highest BCUT2D eigenvalue weighted by molar-refractivity contribution is 6.33. The van der Waals surface area contributed by atoms with Crippen LogP contribution in [0.1, 0.15) is 42.1 Å². The van der Waals surface area contributed by atoms with Gasteiger partial charge in [0.25, 0.3) is 5.91 Å². The first-order valence-corrected chi connectivity index (χ1v) is 8.30. The highest BCUT2D eigenvalue weighted by Crippen LogP contribution is 2.18. The van der Waals surface area contributed by atoms with Gasteiger partial charge in [-0.25, -0.2) is 14.5 Å². The number of hydrogen-bond donors (Lipinski definition) is 2. The molecule has 0 aliphatic rings. The molecule has 0 aliphatic carbocycles. The number of nitrogens with one attached hydrogen (secondary N) is 1. The van der Waals surface area contributed by atoms with Gasteiger partial charge in [-0.15, -0.1) is 0 Å². The summed E-state index contributed by atoms with van der Waals surface area (Å²) in [6, 6.07) is 4.09. The molecular weight excluding hydrogens is 344 g/mol. The van der Waals surface area contributed by atoms with E-state index < -0.39 is 17.9 Å². The maximum atomic E-state index is 12.5. The highest BCUT2D eigenvalue weighted by atomic mass is 35.5. The lowest BCUT2D eigenvalue weighted by Crippen LogP contribution is -2.42. The van der Waals surface area contributed by atoms with Crippen molar-refractivity contribution in [2.45, 2.75) is 40.2 Å². The minimum atomic E-state index is -1.09. The van der Waals surface area contributed by atoms with Gasteiger partial charge in [-0.05, 0) is 44.4 Å². The average Bonchev–Trinajstić information content (AvgIpc) is 2.85. The topological polar surface area (TPSA) is 97.1 Å². The zero-order valence-electron chi connectivity index (χ0n) is 14.6. The first kappa shape index (κ1) is 18.9. The Bertz CT molecular complexity index is 801. The molecule has 0 aliphatic heterocycles. The van der Waals surface area contributed by atoms with Crippen molar-refractivity contribution < 1.29 is 14.7 Å². The summed E-state index contributed by atoms with van der Waals surface area (Å²) >= 11 is 6.09. The number of amides is 1. The van der Waals surface area contributed by atoms with Gasteiger partial charge in [0.1, 0.15) is 11.7 Å². The Morgan fingerprint density at radius 2 is 2.00 bits per heavy atom. The Morgan fingerprint density at radius 1 is 1.32 bits per heavy atom. The van der Waals surface area contributed by atoms with E-state index in [1.807, 2.05) is 33.8 Å². The summed E-state index contributed by atoms with van der Waals surface area (Å²) in [5.41, 5.74) is 1.66. The molecule has 134 valence electrons. The van der Waals surface area contributed by atoms with E-state index in [9.17, 15) is 14.7 Å². The van der Waals surface area contributed by atoms with Crippen LogP contribution in [0.2, 0.25) is 5.02 Å². The number of aryl methyl sites for hydroxylation is 2. The van der Waals surface area contributed by atoms with E-state index in [2.05, 4.69) is 15.4 Å². The van der Waals surface area contributed by atoms with Crippen molar-refractivity contribution in [3.8, 4) is 5.82 Å². The summed E-state index contributed by atoms with van der Waals surface area (Å²) in [6.45, 7) is 7.50. The maximum absolute atomic E-state index is 12.5. The van der Waals surface area contributed by atoms with Gasteiger partial charge < -0.3 is 10.4 Å². The second-order valence-corrected chi connectivity index (χ2v) is 6.74. The van der Waals surface area contributed by atoms with Gasteiger partial charge in [-0.2, -0.15) is 5.10 Å². The van der Waals surface area contributed by atoms with Crippen LogP contribution in [0.5, 0.6) is 0 Å². The molecule has 2 aromatic heterocycles. The van der Waals surface area contributed by atoms with Crippen molar-refractivity contribution >= 4 is 23.5 Å². The van der Waals surface area contributed by atoms with Gasteiger partial charge in [0.2, 0.25) is 0 Å². The molecule has 0 spiro atoms. The van der Waals surface area contributed by atoms with Crippen molar-refractivity contribution in [1.82, 2.24) is 20.1 Å². The molecule has 1 unspecified atom stereocenters. The summed E-state index contributed by atoms with van der Waals surface area (Å²) in [5, 5.41) is 16.2. The van der Waals surface area contributed by atoms with Crippen molar-refractivity contribution in [2.75, 3.05) is 0 Å². The van der Waals surface area contributed by atoms with Crippen molar-refractivity contribution in [3.63, 3.8) is 0 Å². The van der Waals surface area contributed by atoms with E-state index >= 15 is 0 Å². The van der Waals surface area contributed by atoms with Gasteiger partial charge in [-0.3, -0.25) is 4.79 Å². The van der Waals surface area contributed by atoms with Crippen molar-refractivity contribution in [2.24, 2.45) is 5.92 Å². The van der Waals surface area contributed by atoms with Crippen LogP contribution in [-0.2, 0) is 4.79 Å². The van der Waals surface area contributed by atoms with Crippen molar-refractivity contribution in [3.05, 3.63) is 40.3 Å². The fourth-order valence-corrected chi connectivity index (χ4v) is 2.68. The molecule has 0 fully saturated rings.